The van der Waals surface area contributed by atoms with Crippen LogP contribution >= 0.6 is 12.2 Å². The van der Waals surface area contributed by atoms with Crippen molar-refractivity contribution in [2.45, 2.75) is 6.42 Å². The third-order valence-corrected chi connectivity index (χ3v) is 3.09. The fourth-order valence-corrected chi connectivity index (χ4v) is 1.91. The van der Waals surface area contributed by atoms with Gasteiger partial charge in [-0.25, -0.2) is 4.98 Å². The van der Waals surface area contributed by atoms with E-state index in [1.165, 1.54) is 5.56 Å². The third-order valence-electron chi connectivity index (χ3n) is 2.88. The Kier molecular flexibility index (Phi) is 4.90. The largest absolute Gasteiger partial charge is 0.497 e. The first-order chi connectivity index (χ1) is 9.69. The number of hydrogen-bond acceptors (Lipinski definition) is 4. The maximum absolute atomic E-state index is 5.56. The Balaban J connectivity index is 1.88. The molecule has 1 aromatic heterocycles. The monoisotopic (exact) mass is 287 g/mol. The van der Waals surface area contributed by atoms with Crippen LogP contribution in [-0.2, 0) is 6.42 Å². The Hall–Kier alpha value is -2.14. The Morgan fingerprint density at radius 3 is 2.65 bits per heavy atom. The molecule has 5 heteroatoms. The number of pyridine rings is 1. The number of nitrogens with zero attached hydrogens (tertiary/aromatic N) is 1. The van der Waals surface area contributed by atoms with Crippen LogP contribution in [0, 0.1) is 0 Å². The summed E-state index contributed by atoms with van der Waals surface area (Å²) < 4.78 is 5.13. The van der Waals surface area contributed by atoms with Crippen molar-refractivity contribution in [3.8, 4) is 5.75 Å². The van der Waals surface area contributed by atoms with E-state index in [1.54, 1.807) is 13.2 Å². The van der Waals surface area contributed by atoms with Gasteiger partial charge in [0, 0.05) is 6.54 Å². The quantitative estimate of drug-likeness (QED) is 0.799. The van der Waals surface area contributed by atoms with Crippen LogP contribution in [0.2, 0.25) is 0 Å². The highest BCUT2D eigenvalue weighted by molar-refractivity contribution is 7.80. The standard InChI is InChI=1S/C15H17N3OS/c1-19-12-7-5-11(6-8-12)9-10-17-14-4-2-3-13(18-14)15(16)20/h2-8H,9-10H2,1H3,(H2,16,20)(H,17,18). The molecule has 4 nitrogen and oxygen atoms in total. The lowest BCUT2D eigenvalue weighted by Gasteiger charge is -2.07. The number of aromatic nitrogens is 1. The van der Waals surface area contributed by atoms with Gasteiger partial charge in [-0.15, -0.1) is 0 Å². The summed E-state index contributed by atoms with van der Waals surface area (Å²) in [5, 5.41) is 3.26. The lowest BCUT2D eigenvalue weighted by Crippen LogP contribution is -2.13. The number of rotatable bonds is 6. The lowest BCUT2D eigenvalue weighted by atomic mass is 10.1. The van der Waals surface area contributed by atoms with Crippen LogP contribution in [0.5, 0.6) is 5.75 Å². The fourth-order valence-electron chi connectivity index (χ4n) is 1.80. The van der Waals surface area contributed by atoms with Crippen LogP contribution in [0.3, 0.4) is 0 Å². The van der Waals surface area contributed by atoms with Crippen molar-refractivity contribution in [2.75, 3.05) is 19.0 Å². The molecule has 1 heterocycles. The zero-order chi connectivity index (χ0) is 14.4. The molecule has 2 aromatic rings. The molecule has 0 saturated heterocycles. The van der Waals surface area contributed by atoms with Gasteiger partial charge in [0.2, 0.25) is 0 Å². The molecule has 0 spiro atoms. The Morgan fingerprint density at radius 1 is 1.25 bits per heavy atom. The Bertz CT molecular complexity index is 584. The first-order valence-electron chi connectivity index (χ1n) is 6.32. The van der Waals surface area contributed by atoms with Gasteiger partial charge in [-0.2, -0.15) is 0 Å². The number of benzene rings is 1. The molecule has 0 amide bonds. The van der Waals surface area contributed by atoms with Gasteiger partial charge in [0.15, 0.2) is 0 Å². The van der Waals surface area contributed by atoms with Gasteiger partial charge in [-0.1, -0.05) is 30.4 Å². The molecule has 1 aromatic carbocycles. The molecule has 0 fully saturated rings. The summed E-state index contributed by atoms with van der Waals surface area (Å²) in [6.07, 6.45) is 0.906. The van der Waals surface area contributed by atoms with Crippen molar-refractivity contribution in [2.24, 2.45) is 5.73 Å². The fraction of sp³-hybridized carbons (Fsp3) is 0.200. The number of thiocarbonyl (C=S) groups is 1. The van der Waals surface area contributed by atoms with Crippen LogP contribution in [0.25, 0.3) is 0 Å². The van der Waals surface area contributed by atoms with E-state index >= 15 is 0 Å². The number of ether oxygens (including phenoxy) is 1. The third kappa shape index (κ3) is 3.93. The van der Waals surface area contributed by atoms with Crippen molar-refractivity contribution in [1.82, 2.24) is 4.98 Å². The predicted octanol–water partition coefficient (Wildman–Crippen LogP) is 2.38. The molecule has 0 unspecified atom stereocenters. The van der Waals surface area contributed by atoms with E-state index in [9.17, 15) is 0 Å². The summed E-state index contributed by atoms with van der Waals surface area (Å²) in [5.74, 6) is 1.65. The van der Waals surface area contributed by atoms with Gasteiger partial charge in [-0.3, -0.25) is 0 Å². The van der Waals surface area contributed by atoms with Gasteiger partial charge in [0.1, 0.15) is 16.6 Å². The minimum Gasteiger partial charge on any atom is -0.497 e. The van der Waals surface area contributed by atoms with Gasteiger partial charge in [0.25, 0.3) is 0 Å². The average molecular weight is 287 g/mol. The highest BCUT2D eigenvalue weighted by Gasteiger charge is 2.00. The van der Waals surface area contributed by atoms with Crippen LogP contribution in [0.15, 0.2) is 42.5 Å². The molecule has 2 rings (SSSR count). The maximum atomic E-state index is 5.56. The summed E-state index contributed by atoms with van der Waals surface area (Å²) in [7, 11) is 1.66. The highest BCUT2D eigenvalue weighted by Crippen LogP contribution is 2.12. The van der Waals surface area contributed by atoms with Crippen molar-refractivity contribution in [3.63, 3.8) is 0 Å². The van der Waals surface area contributed by atoms with Crippen molar-refractivity contribution in [3.05, 3.63) is 53.7 Å². The molecule has 0 aliphatic carbocycles. The number of nitrogens with one attached hydrogen (secondary N) is 1. The van der Waals surface area contributed by atoms with Crippen LogP contribution in [0.4, 0.5) is 5.82 Å². The van der Waals surface area contributed by atoms with E-state index < -0.39 is 0 Å². The van der Waals surface area contributed by atoms with Gasteiger partial charge >= 0.3 is 0 Å². The van der Waals surface area contributed by atoms with Crippen molar-refractivity contribution in [1.29, 1.82) is 0 Å². The van der Waals surface area contributed by atoms with Crippen molar-refractivity contribution < 1.29 is 4.74 Å². The van der Waals surface area contributed by atoms with Gasteiger partial charge in [-0.05, 0) is 36.2 Å². The minimum atomic E-state index is 0.309. The molecule has 104 valence electrons. The van der Waals surface area contributed by atoms with E-state index in [0.29, 0.717) is 10.7 Å². The summed E-state index contributed by atoms with van der Waals surface area (Å²) in [5.41, 5.74) is 7.43. The molecule has 0 radical (unpaired) electrons. The second-order valence-corrected chi connectivity index (χ2v) is 4.74. The second kappa shape index (κ2) is 6.86. The average Bonchev–Trinajstić information content (AvgIpc) is 2.48. The summed E-state index contributed by atoms with van der Waals surface area (Å²) in [4.78, 5) is 4.64. The molecule has 20 heavy (non-hydrogen) atoms. The SMILES string of the molecule is COc1ccc(CCNc2cccc(C(N)=S)n2)cc1. The molecular formula is C15H17N3OS. The number of hydrogen-bond donors (Lipinski definition) is 2. The summed E-state index contributed by atoms with van der Waals surface area (Å²) in [6.45, 7) is 0.792. The van der Waals surface area contributed by atoms with E-state index in [-0.39, 0.29) is 0 Å². The van der Waals surface area contributed by atoms with Crippen LogP contribution in [-0.4, -0.2) is 23.6 Å². The summed E-state index contributed by atoms with van der Waals surface area (Å²) >= 11 is 4.91. The Labute approximate surface area is 124 Å². The van der Waals surface area contributed by atoms with E-state index in [2.05, 4.69) is 22.4 Å². The topological polar surface area (TPSA) is 60.2 Å². The van der Waals surface area contributed by atoms with E-state index in [0.717, 1.165) is 24.5 Å². The van der Waals surface area contributed by atoms with Gasteiger partial charge < -0.3 is 15.8 Å². The highest BCUT2D eigenvalue weighted by atomic mass is 32.1. The van der Waals surface area contributed by atoms with Crippen LogP contribution < -0.4 is 15.8 Å². The minimum absolute atomic E-state index is 0.309. The maximum Gasteiger partial charge on any atom is 0.126 e. The molecule has 0 bridgehead atoms. The van der Waals surface area contributed by atoms with E-state index in [4.69, 9.17) is 22.7 Å². The lowest BCUT2D eigenvalue weighted by molar-refractivity contribution is 0.414. The Morgan fingerprint density at radius 2 is 2.00 bits per heavy atom. The molecular weight excluding hydrogens is 270 g/mol. The molecule has 0 atom stereocenters. The number of anilines is 1. The smallest absolute Gasteiger partial charge is 0.126 e. The number of nitrogens with two attached hydrogens (primary N) is 1. The first kappa shape index (κ1) is 14.3. The summed E-state index contributed by atoms with van der Waals surface area (Å²) in [6, 6.07) is 13.6. The zero-order valence-electron chi connectivity index (χ0n) is 11.3. The first-order valence-corrected chi connectivity index (χ1v) is 6.73. The molecule has 3 N–H and O–H groups in total. The van der Waals surface area contributed by atoms with E-state index in [1.807, 2.05) is 24.3 Å². The predicted molar refractivity (Wildman–Crippen MR) is 85.3 cm³/mol. The van der Waals surface area contributed by atoms with Crippen LogP contribution in [0.1, 0.15) is 11.3 Å². The van der Waals surface area contributed by atoms with Crippen molar-refractivity contribution >= 4 is 23.0 Å². The second-order valence-electron chi connectivity index (χ2n) is 4.30. The molecule has 0 aliphatic rings. The number of methoxy groups -OCH3 is 1. The van der Waals surface area contributed by atoms with Gasteiger partial charge in [0.05, 0.1) is 12.8 Å². The molecule has 0 saturated carbocycles. The zero-order valence-corrected chi connectivity index (χ0v) is 12.1. The normalized spacial score (nSPS) is 10.1. The molecule has 0 aliphatic heterocycles.